The molecular formula is C21H42O7P-. The normalized spacial score (nSPS) is 14.5. The Morgan fingerprint density at radius 2 is 1.24 bits per heavy atom. The van der Waals surface area contributed by atoms with Gasteiger partial charge in [0.2, 0.25) is 0 Å². The van der Waals surface area contributed by atoms with Crippen molar-refractivity contribution >= 4 is 13.8 Å². The highest BCUT2D eigenvalue weighted by atomic mass is 31.2. The lowest BCUT2D eigenvalue weighted by Gasteiger charge is -2.18. The maximum absolute atomic E-state index is 11.5. The lowest BCUT2D eigenvalue weighted by atomic mass is 10.0. The Morgan fingerprint density at radius 3 is 1.66 bits per heavy atom. The maximum atomic E-state index is 11.5. The van der Waals surface area contributed by atoms with Gasteiger partial charge in [-0.3, -0.25) is 9.36 Å². The van der Waals surface area contributed by atoms with Crippen LogP contribution in [0, 0.1) is 0 Å². The van der Waals surface area contributed by atoms with Crippen molar-refractivity contribution in [2.45, 2.75) is 116 Å². The molecule has 0 aliphatic rings. The van der Waals surface area contributed by atoms with Crippen LogP contribution in [0.5, 0.6) is 0 Å². The molecule has 29 heavy (non-hydrogen) atoms. The minimum Gasteiger partial charge on any atom is -0.756 e. The highest BCUT2D eigenvalue weighted by Gasteiger charge is 2.12. The molecular weight excluding hydrogens is 395 g/mol. The van der Waals surface area contributed by atoms with E-state index in [9.17, 15) is 19.4 Å². The molecule has 174 valence electrons. The number of carbonyl (C=O) groups is 1. The summed E-state index contributed by atoms with van der Waals surface area (Å²) in [5.74, 6) is -0.423. The van der Waals surface area contributed by atoms with Crippen LogP contribution in [0.2, 0.25) is 0 Å². The third kappa shape index (κ3) is 23.7. The number of hydrogen-bond acceptors (Lipinski definition) is 6. The van der Waals surface area contributed by atoms with Crippen LogP contribution in [0.25, 0.3) is 0 Å². The summed E-state index contributed by atoms with van der Waals surface area (Å²) in [5, 5.41) is 9.39. The molecule has 0 spiro atoms. The van der Waals surface area contributed by atoms with E-state index in [-0.39, 0.29) is 13.0 Å². The number of ether oxygens (including phenoxy) is 1. The van der Waals surface area contributed by atoms with Gasteiger partial charge in [-0.2, -0.15) is 0 Å². The molecule has 0 saturated carbocycles. The van der Waals surface area contributed by atoms with Gasteiger partial charge in [-0.05, 0) is 6.42 Å². The van der Waals surface area contributed by atoms with Gasteiger partial charge in [0.1, 0.15) is 12.7 Å². The standard InChI is InChI=1S/C21H43O7P/c1-2-3-4-5-6-7-8-9-10-11-12-13-14-15-16-17-21(23)27-18-20(22)19-28-29(24,25)26/h20,22H,2-19H2,1H3,(H2,24,25,26)/p-1/t20-/m1/s1. The van der Waals surface area contributed by atoms with Crippen molar-refractivity contribution in [2.75, 3.05) is 13.2 Å². The van der Waals surface area contributed by atoms with Crippen molar-refractivity contribution in [3.05, 3.63) is 0 Å². The number of aliphatic hydroxyl groups is 1. The van der Waals surface area contributed by atoms with Crippen LogP contribution in [0.3, 0.4) is 0 Å². The first kappa shape index (κ1) is 28.5. The SMILES string of the molecule is CCCCCCCCCCCCCCCCCC(=O)OC[C@@H](O)COP(=O)([O-])O. The number of esters is 1. The molecule has 0 heterocycles. The summed E-state index contributed by atoms with van der Waals surface area (Å²) in [6.07, 6.45) is 17.8. The molecule has 2 N–H and O–H groups in total. The summed E-state index contributed by atoms with van der Waals surface area (Å²) < 4.78 is 19.3. The molecule has 2 atom stereocenters. The topological polar surface area (TPSA) is 116 Å². The lowest BCUT2D eigenvalue weighted by molar-refractivity contribution is -0.222. The first-order valence-electron chi connectivity index (χ1n) is 11.4. The van der Waals surface area contributed by atoms with Crippen molar-refractivity contribution in [3.63, 3.8) is 0 Å². The Hall–Kier alpha value is -0.460. The molecule has 7 nitrogen and oxygen atoms in total. The number of phosphoric ester groups is 1. The molecule has 0 bridgehead atoms. The summed E-state index contributed by atoms with van der Waals surface area (Å²) in [5.41, 5.74) is 0. The Bertz CT molecular complexity index is 425. The van der Waals surface area contributed by atoms with E-state index < -0.39 is 26.5 Å². The molecule has 0 rings (SSSR count). The number of carbonyl (C=O) groups excluding carboxylic acids is 1. The van der Waals surface area contributed by atoms with Gasteiger partial charge < -0.3 is 24.2 Å². The van der Waals surface area contributed by atoms with Gasteiger partial charge in [-0.25, -0.2) is 0 Å². The highest BCUT2D eigenvalue weighted by Crippen LogP contribution is 2.30. The fourth-order valence-electron chi connectivity index (χ4n) is 3.13. The smallest absolute Gasteiger partial charge is 0.305 e. The van der Waals surface area contributed by atoms with E-state index in [2.05, 4.69) is 11.4 Å². The summed E-state index contributed by atoms with van der Waals surface area (Å²) in [7, 11) is -4.86. The van der Waals surface area contributed by atoms with Crippen molar-refractivity contribution in [1.82, 2.24) is 0 Å². The van der Waals surface area contributed by atoms with Crippen molar-refractivity contribution < 1.29 is 33.5 Å². The summed E-state index contributed by atoms with van der Waals surface area (Å²) in [6.45, 7) is 1.26. The maximum Gasteiger partial charge on any atom is 0.305 e. The van der Waals surface area contributed by atoms with Gasteiger partial charge in [-0.1, -0.05) is 96.8 Å². The minimum atomic E-state index is -4.86. The van der Waals surface area contributed by atoms with Crippen LogP contribution in [0.15, 0.2) is 0 Å². The number of phosphoric acid groups is 1. The van der Waals surface area contributed by atoms with Gasteiger partial charge in [0.25, 0.3) is 7.82 Å². The van der Waals surface area contributed by atoms with E-state index in [1.807, 2.05) is 0 Å². The van der Waals surface area contributed by atoms with Crippen LogP contribution >= 0.6 is 7.82 Å². The molecule has 0 aliphatic carbocycles. The first-order chi connectivity index (χ1) is 13.8. The molecule has 0 saturated heterocycles. The Kier molecular flexibility index (Phi) is 19.2. The molecule has 0 aromatic heterocycles. The van der Waals surface area contributed by atoms with Gasteiger partial charge in [0.05, 0.1) is 6.61 Å². The van der Waals surface area contributed by atoms with Crippen molar-refractivity contribution in [1.29, 1.82) is 0 Å². The monoisotopic (exact) mass is 437 g/mol. The van der Waals surface area contributed by atoms with Crippen LogP contribution in [-0.2, 0) is 18.6 Å². The van der Waals surface area contributed by atoms with E-state index in [1.165, 1.54) is 77.0 Å². The average molecular weight is 438 g/mol. The van der Waals surface area contributed by atoms with Crippen LogP contribution in [0.4, 0.5) is 0 Å². The van der Waals surface area contributed by atoms with Crippen LogP contribution < -0.4 is 4.89 Å². The lowest BCUT2D eigenvalue weighted by Crippen LogP contribution is -2.24. The van der Waals surface area contributed by atoms with E-state index >= 15 is 0 Å². The molecule has 0 amide bonds. The zero-order valence-electron chi connectivity index (χ0n) is 18.2. The van der Waals surface area contributed by atoms with Crippen LogP contribution in [0.1, 0.15) is 110 Å². The largest absolute Gasteiger partial charge is 0.756 e. The molecule has 1 unspecified atom stereocenters. The third-order valence-electron chi connectivity index (χ3n) is 4.85. The predicted molar refractivity (Wildman–Crippen MR) is 112 cm³/mol. The molecule has 0 radical (unpaired) electrons. The number of rotatable bonds is 21. The van der Waals surface area contributed by atoms with Crippen LogP contribution in [-0.4, -0.2) is 35.3 Å². The van der Waals surface area contributed by atoms with Gasteiger partial charge in [0.15, 0.2) is 0 Å². The number of hydrogen-bond donors (Lipinski definition) is 2. The summed E-state index contributed by atoms with van der Waals surface area (Å²) in [6, 6.07) is 0. The minimum absolute atomic E-state index is 0.284. The fourth-order valence-corrected chi connectivity index (χ4v) is 3.49. The highest BCUT2D eigenvalue weighted by molar-refractivity contribution is 7.44. The van der Waals surface area contributed by atoms with Crippen molar-refractivity contribution in [2.24, 2.45) is 0 Å². The second-order valence-electron chi connectivity index (χ2n) is 7.80. The Balaban J connectivity index is 3.29. The zero-order valence-corrected chi connectivity index (χ0v) is 19.1. The van der Waals surface area contributed by atoms with Gasteiger partial charge >= 0.3 is 5.97 Å². The Morgan fingerprint density at radius 1 is 0.828 bits per heavy atom. The second-order valence-corrected chi connectivity index (χ2v) is 9.00. The molecule has 8 heteroatoms. The van der Waals surface area contributed by atoms with Gasteiger partial charge in [0, 0.05) is 6.42 Å². The first-order valence-corrected chi connectivity index (χ1v) is 12.9. The van der Waals surface area contributed by atoms with E-state index in [1.54, 1.807) is 0 Å². The third-order valence-corrected chi connectivity index (χ3v) is 5.33. The van der Waals surface area contributed by atoms with E-state index in [4.69, 9.17) is 9.63 Å². The number of unbranched alkanes of at least 4 members (excludes halogenated alkanes) is 14. The zero-order chi connectivity index (χ0) is 21.8. The quantitative estimate of drug-likeness (QED) is 0.153. The van der Waals surface area contributed by atoms with E-state index in [0.29, 0.717) is 0 Å². The average Bonchev–Trinajstić information content (AvgIpc) is 2.67. The Labute approximate surface area is 176 Å². The summed E-state index contributed by atoms with van der Waals surface area (Å²) >= 11 is 0. The number of aliphatic hydroxyl groups excluding tert-OH is 1. The fraction of sp³-hybridized carbons (Fsp3) is 0.952. The molecule has 0 aromatic rings. The van der Waals surface area contributed by atoms with Gasteiger partial charge in [-0.15, -0.1) is 0 Å². The summed E-state index contributed by atoms with van der Waals surface area (Å²) in [4.78, 5) is 30.3. The molecule has 0 aromatic carbocycles. The van der Waals surface area contributed by atoms with E-state index in [0.717, 1.165) is 19.3 Å². The second kappa shape index (κ2) is 19.5. The molecule has 0 fully saturated rings. The molecule has 0 aliphatic heterocycles. The predicted octanol–water partition coefficient (Wildman–Crippen LogP) is 4.63. The van der Waals surface area contributed by atoms with Crippen molar-refractivity contribution in [3.8, 4) is 0 Å².